The molecule has 1 aromatic heterocycles. The van der Waals surface area contributed by atoms with Crippen molar-refractivity contribution < 1.29 is 77.3 Å². The molecule has 2 aliphatic rings. The first-order chi connectivity index (χ1) is 46.8. The summed E-state index contributed by atoms with van der Waals surface area (Å²) >= 11 is 1.36. The number of hydrogen-bond donors (Lipinski definition) is 17. The second kappa shape index (κ2) is 41.4. The van der Waals surface area contributed by atoms with E-state index in [0.717, 1.165) is 6.42 Å². The molecule has 0 spiro atoms. The number of nitrogens with zero attached hydrogens (tertiary/aromatic N) is 2. The number of aliphatic imine (C=N–C) groups is 1. The van der Waals surface area contributed by atoms with Crippen LogP contribution in [0.4, 0.5) is 0 Å². The second-order valence-electron chi connectivity index (χ2n) is 25.8. The number of carbonyl (C=O) groups is 14. The van der Waals surface area contributed by atoms with Crippen LogP contribution in [0.15, 0.2) is 47.8 Å². The van der Waals surface area contributed by atoms with Gasteiger partial charge in [0.1, 0.15) is 66.5 Å². The van der Waals surface area contributed by atoms with E-state index in [0.29, 0.717) is 28.5 Å². The second-order valence-corrected chi connectivity index (χ2v) is 26.9. The van der Waals surface area contributed by atoms with E-state index in [1.54, 1.807) is 58.0 Å². The number of imidazole rings is 1. The van der Waals surface area contributed by atoms with Crippen LogP contribution in [0.5, 0.6) is 0 Å². The van der Waals surface area contributed by atoms with E-state index in [1.807, 2.05) is 27.7 Å². The molecular formula is C65H101N17O16S. The van der Waals surface area contributed by atoms with Crippen molar-refractivity contribution in [3.63, 3.8) is 0 Å². The van der Waals surface area contributed by atoms with Gasteiger partial charge in [-0.1, -0.05) is 98.6 Å². The lowest BCUT2D eigenvalue weighted by atomic mass is 9.96. The van der Waals surface area contributed by atoms with Gasteiger partial charge in [0.15, 0.2) is 0 Å². The number of thioether (sulfide) groups is 1. The number of hydrogen-bond acceptors (Lipinski definition) is 19. The van der Waals surface area contributed by atoms with Gasteiger partial charge < -0.3 is 90.9 Å². The number of amides is 12. The average molecular weight is 1410 g/mol. The van der Waals surface area contributed by atoms with Crippen molar-refractivity contribution in [3.05, 3.63) is 54.1 Å². The third-order valence-corrected chi connectivity index (χ3v) is 18.1. The molecule has 3 heterocycles. The molecule has 2 aromatic rings. The summed E-state index contributed by atoms with van der Waals surface area (Å²) in [5.74, 6) is -15.2. The average Bonchev–Trinajstić information content (AvgIpc) is 1.33. The molecule has 1 fully saturated rings. The molecule has 548 valence electrons. The van der Waals surface area contributed by atoms with Gasteiger partial charge in [-0.2, -0.15) is 0 Å². The summed E-state index contributed by atoms with van der Waals surface area (Å²) in [4.78, 5) is 205. The summed E-state index contributed by atoms with van der Waals surface area (Å²) in [6.07, 6.45) is 0.213. The van der Waals surface area contributed by atoms with Gasteiger partial charge in [-0.15, -0.1) is 11.8 Å². The van der Waals surface area contributed by atoms with Crippen LogP contribution in [0.1, 0.15) is 144 Å². The number of rotatable bonds is 34. The van der Waals surface area contributed by atoms with Crippen LogP contribution in [0.3, 0.4) is 0 Å². The Kier molecular flexibility index (Phi) is 34.4. The van der Waals surface area contributed by atoms with Crippen molar-refractivity contribution in [3.8, 4) is 0 Å². The molecule has 34 heteroatoms. The van der Waals surface area contributed by atoms with Crippen molar-refractivity contribution >= 4 is 99.6 Å². The standard InChI is InChI=1S/C65H101N17O16S/c1-9-35(7)51(68)65-80-47(31-99-65)62(96)75-42(25-33(3)4)57(91)74-41(21-22-49(84)85)56(90)81-52(34(5)6)63(97)70-24-15-14-19-39-54(88)72-40(20-16-23-66)55(89)82-53(36(8)10-2)64(98)79-43(26-37-17-12-11-13-18-37)58(92)76-44(27-38-30-69-32-71-38)59(93)78-46(29-50(86)87)61(95)77-45(28-48(67)83)60(94)73-39/h11-13,17-18,30,32-36,39-47,51-53H,9-10,14-16,19-29,31,66,68H2,1-8H3,(H2,67,83)(H,69,71)(H,70,97)(H,72,88)(H,73,94)(H,74,91)(H,75,96)(H,76,92)(H,77,95)(H,78,93)(H,79,98)(H,81,90)(H,82,89)(H,84,85)(H,86,87). The third kappa shape index (κ3) is 27.7. The number of carboxylic acids is 2. The maximum atomic E-state index is 14.7. The Morgan fingerprint density at radius 1 is 0.636 bits per heavy atom. The monoisotopic (exact) mass is 1410 g/mol. The number of aliphatic carboxylic acids is 2. The number of carboxylic acid groups (broad SMARTS) is 2. The van der Waals surface area contributed by atoms with Gasteiger partial charge in [0.25, 0.3) is 0 Å². The Morgan fingerprint density at radius 2 is 1.19 bits per heavy atom. The summed E-state index contributed by atoms with van der Waals surface area (Å²) in [6.45, 7) is 14.2. The lowest BCUT2D eigenvalue weighted by Gasteiger charge is -2.29. The molecule has 1 saturated heterocycles. The molecule has 99 heavy (non-hydrogen) atoms. The molecule has 14 atom stereocenters. The molecule has 0 radical (unpaired) electrons. The number of benzene rings is 1. The van der Waals surface area contributed by atoms with E-state index in [4.69, 9.17) is 17.2 Å². The normalized spacial score (nSPS) is 22.5. The smallest absolute Gasteiger partial charge is 0.305 e. The zero-order valence-electron chi connectivity index (χ0n) is 57.4. The molecule has 33 nitrogen and oxygen atoms in total. The van der Waals surface area contributed by atoms with E-state index in [1.165, 1.54) is 24.3 Å². The zero-order chi connectivity index (χ0) is 73.6. The quantitative estimate of drug-likeness (QED) is 0.0335. The highest BCUT2D eigenvalue weighted by molar-refractivity contribution is 8.14. The molecule has 4 rings (SSSR count). The number of nitrogens with one attached hydrogen (secondary N) is 12. The fourth-order valence-corrected chi connectivity index (χ4v) is 11.9. The van der Waals surface area contributed by atoms with Crippen molar-refractivity contribution in [2.45, 2.75) is 218 Å². The summed E-state index contributed by atoms with van der Waals surface area (Å²) in [6, 6.07) is -8.07. The fourth-order valence-electron chi connectivity index (χ4n) is 10.7. The third-order valence-electron chi connectivity index (χ3n) is 16.9. The van der Waals surface area contributed by atoms with Crippen molar-refractivity contribution in [1.82, 2.24) is 68.5 Å². The number of primary amides is 1. The largest absolute Gasteiger partial charge is 0.481 e. The minimum absolute atomic E-state index is 0.000468. The maximum Gasteiger partial charge on any atom is 0.305 e. The molecule has 0 saturated carbocycles. The SMILES string of the molecule is CCC(C)C(N)C1=NC(C(=O)NC(CC(C)C)C(=O)NC(CCC(=O)O)C(=O)NC(C(=O)NCCCCC2NC(=O)C(CC(N)=O)NC(=O)C(CC(=O)O)NC(=O)C(Cc3cnc[nH]3)NC(=O)C(Cc3ccccc3)NC(=O)C(C(C)CC)NC(=O)C(CCCN)NC2=O)C(C)C)CS1. The number of nitrogens with two attached hydrogens (primary N) is 3. The highest BCUT2D eigenvalue weighted by atomic mass is 32.2. The van der Waals surface area contributed by atoms with Crippen LogP contribution in [-0.2, 0) is 80.0 Å². The Labute approximate surface area is 579 Å². The molecular weight excluding hydrogens is 1310 g/mol. The Hall–Kier alpha value is -9.05. The van der Waals surface area contributed by atoms with Gasteiger partial charge in [0.05, 0.1) is 30.3 Å². The van der Waals surface area contributed by atoms with Crippen LogP contribution in [0, 0.1) is 23.7 Å². The number of aromatic amines is 1. The van der Waals surface area contributed by atoms with Crippen LogP contribution in [0.25, 0.3) is 0 Å². The van der Waals surface area contributed by atoms with Gasteiger partial charge in [0.2, 0.25) is 70.9 Å². The maximum absolute atomic E-state index is 14.7. The van der Waals surface area contributed by atoms with Crippen molar-refractivity contribution in [2.24, 2.45) is 45.9 Å². The first-order valence-electron chi connectivity index (χ1n) is 33.6. The fraction of sp³-hybridized carbons (Fsp3) is 0.631. The van der Waals surface area contributed by atoms with Gasteiger partial charge in [-0.3, -0.25) is 72.1 Å². The minimum Gasteiger partial charge on any atom is -0.481 e. The Bertz CT molecular complexity index is 3140. The van der Waals surface area contributed by atoms with E-state index in [-0.39, 0.29) is 82.3 Å². The van der Waals surface area contributed by atoms with Crippen LogP contribution >= 0.6 is 11.8 Å². The van der Waals surface area contributed by atoms with Gasteiger partial charge in [-0.25, -0.2) is 4.98 Å². The van der Waals surface area contributed by atoms with Crippen molar-refractivity contribution in [2.75, 3.05) is 18.8 Å². The zero-order valence-corrected chi connectivity index (χ0v) is 58.3. The number of carbonyl (C=O) groups excluding carboxylic acids is 12. The molecule has 20 N–H and O–H groups in total. The van der Waals surface area contributed by atoms with E-state index < -0.39 is 187 Å². The molecule has 14 unspecified atom stereocenters. The summed E-state index contributed by atoms with van der Waals surface area (Å²) in [7, 11) is 0. The summed E-state index contributed by atoms with van der Waals surface area (Å²) in [5.41, 5.74) is 18.7. The predicted molar refractivity (Wildman–Crippen MR) is 365 cm³/mol. The Morgan fingerprint density at radius 3 is 1.75 bits per heavy atom. The number of H-pyrrole nitrogens is 1. The van der Waals surface area contributed by atoms with Crippen LogP contribution in [-0.4, -0.2) is 199 Å². The van der Waals surface area contributed by atoms with Crippen LogP contribution < -0.4 is 75.7 Å². The summed E-state index contributed by atoms with van der Waals surface area (Å²) < 4.78 is 0. The van der Waals surface area contributed by atoms with E-state index >= 15 is 0 Å². The molecule has 2 aliphatic heterocycles. The van der Waals surface area contributed by atoms with Crippen molar-refractivity contribution in [1.29, 1.82) is 0 Å². The number of aromatic nitrogens is 2. The predicted octanol–water partition coefficient (Wildman–Crippen LogP) is -2.07. The first kappa shape index (κ1) is 82.4. The highest BCUT2D eigenvalue weighted by Crippen LogP contribution is 2.25. The van der Waals surface area contributed by atoms with Gasteiger partial charge in [0, 0.05) is 43.5 Å². The lowest BCUT2D eigenvalue weighted by Crippen LogP contribution is -2.61. The molecule has 12 amide bonds. The molecule has 0 aliphatic carbocycles. The highest BCUT2D eigenvalue weighted by Gasteiger charge is 2.40. The first-order valence-corrected chi connectivity index (χ1v) is 34.5. The topological polar surface area (TPSA) is 531 Å². The molecule has 0 bridgehead atoms. The number of unbranched alkanes of at least 4 members (excludes halogenated alkanes) is 1. The van der Waals surface area contributed by atoms with E-state index in [9.17, 15) is 77.3 Å². The van der Waals surface area contributed by atoms with Gasteiger partial charge in [-0.05, 0) is 80.7 Å². The minimum atomic E-state index is -2.00. The lowest BCUT2D eigenvalue weighted by molar-refractivity contribution is -0.142. The van der Waals surface area contributed by atoms with E-state index in [2.05, 4.69) is 73.4 Å². The van der Waals surface area contributed by atoms with Gasteiger partial charge >= 0.3 is 11.9 Å². The summed E-state index contributed by atoms with van der Waals surface area (Å²) in [5, 5.41) is 48.7. The molecule has 1 aromatic carbocycles. The van der Waals surface area contributed by atoms with Crippen LogP contribution in [0.2, 0.25) is 0 Å². The Balaban J connectivity index is 1.65.